The SMILES string of the molecule is C=C(Cn1cnc2c(N)ncnc21)P(=O)(OC)OC. The summed E-state index contributed by atoms with van der Waals surface area (Å²) in [7, 11) is -0.706. The van der Waals surface area contributed by atoms with E-state index in [1.807, 2.05) is 0 Å². The summed E-state index contributed by atoms with van der Waals surface area (Å²) in [6, 6.07) is 0. The number of nitrogens with zero attached hydrogens (tertiary/aromatic N) is 4. The summed E-state index contributed by atoms with van der Waals surface area (Å²) in [5, 5.41) is 0.300. The van der Waals surface area contributed by atoms with Crippen LogP contribution in [0.2, 0.25) is 0 Å². The molecule has 0 atom stereocenters. The van der Waals surface area contributed by atoms with E-state index in [9.17, 15) is 4.57 Å². The van der Waals surface area contributed by atoms with Crippen molar-refractivity contribution in [1.29, 1.82) is 0 Å². The van der Waals surface area contributed by atoms with E-state index in [4.69, 9.17) is 14.8 Å². The molecule has 0 saturated heterocycles. The van der Waals surface area contributed by atoms with Crippen molar-refractivity contribution in [2.75, 3.05) is 20.0 Å². The van der Waals surface area contributed by atoms with Crippen molar-refractivity contribution in [1.82, 2.24) is 19.5 Å². The number of anilines is 1. The molecule has 102 valence electrons. The van der Waals surface area contributed by atoms with E-state index in [0.717, 1.165) is 0 Å². The van der Waals surface area contributed by atoms with E-state index in [1.165, 1.54) is 26.9 Å². The molecule has 19 heavy (non-hydrogen) atoms. The van der Waals surface area contributed by atoms with Crippen LogP contribution >= 0.6 is 7.60 Å². The smallest absolute Gasteiger partial charge is 0.358 e. The maximum atomic E-state index is 12.1. The topological polar surface area (TPSA) is 105 Å². The van der Waals surface area contributed by atoms with Gasteiger partial charge in [-0.1, -0.05) is 6.58 Å². The fourth-order valence-corrected chi connectivity index (χ4v) is 2.62. The van der Waals surface area contributed by atoms with E-state index in [1.54, 1.807) is 4.57 Å². The molecule has 0 amide bonds. The molecule has 0 radical (unpaired) electrons. The molecule has 2 aromatic rings. The zero-order valence-corrected chi connectivity index (χ0v) is 11.5. The third-order valence-electron chi connectivity index (χ3n) is 2.65. The summed E-state index contributed by atoms with van der Waals surface area (Å²) in [5.41, 5.74) is 6.71. The van der Waals surface area contributed by atoms with Crippen molar-refractivity contribution in [3.8, 4) is 0 Å². The molecule has 0 aliphatic carbocycles. The third-order valence-corrected chi connectivity index (χ3v) is 4.53. The Morgan fingerprint density at radius 1 is 1.42 bits per heavy atom. The molecule has 2 heterocycles. The summed E-state index contributed by atoms with van der Waals surface area (Å²) < 4.78 is 23.5. The minimum absolute atomic E-state index is 0.200. The molecule has 0 aliphatic heterocycles. The van der Waals surface area contributed by atoms with Crippen molar-refractivity contribution in [2.45, 2.75) is 6.54 Å². The number of rotatable bonds is 5. The first-order chi connectivity index (χ1) is 9.01. The highest BCUT2D eigenvalue weighted by Gasteiger charge is 2.26. The number of fused-ring (bicyclic) bond motifs is 1. The standard InChI is InChI=1S/C10H14N5O3P/c1-7(19(16,17-2)18-3)4-15-6-14-8-9(11)12-5-13-10(8)15/h5-6H,1,4H2,2-3H3,(H2,11,12,13). The van der Waals surface area contributed by atoms with Crippen LogP contribution in [-0.4, -0.2) is 33.7 Å². The van der Waals surface area contributed by atoms with Gasteiger partial charge in [0.25, 0.3) is 0 Å². The highest BCUT2D eigenvalue weighted by atomic mass is 31.2. The van der Waals surface area contributed by atoms with E-state index in [-0.39, 0.29) is 12.4 Å². The lowest BCUT2D eigenvalue weighted by Gasteiger charge is -2.16. The molecule has 0 aliphatic rings. The van der Waals surface area contributed by atoms with E-state index >= 15 is 0 Å². The Bertz CT molecular complexity index is 660. The molecule has 9 heteroatoms. The predicted molar refractivity (Wildman–Crippen MR) is 70.5 cm³/mol. The molecule has 2 aromatic heterocycles. The summed E-state index contributed by atoms with van der Waals surface area (Å²) >= 11 is 0. The summed E-state index contributed by atoms with van der Waals surface area (Å²) in [6.45, 7) is 3.94. The van der Waals surface area contributed by atoms with Gasteiger partial charge in [-0.25, -0.2) is 15.0 Å². The maximum absolute atomic E-state index is 12.1. The van der Waals surface area contributed by atoms with Crippen molar-refractivity contribution in [3.63, 3.8) is 0 Å². The first-order valence-electron chi connectivity index (χ1n) is 5.33. The minimum atomic E-state index is -3.32. The van der Waals surface area contributed by atoms with Gasteiger partial charge in [0, 0.05) is 14.2 Å². The van der Waals surface area contributed by atoms with Gasteiger partial charge in [-0.2, -0.15) is 0 Å². The molecule has 2 rings (SSSR count). The molecule has 0 aromatic carbocycles. The number of aromatic nitrogens is 4. The van der Waals surface area contributed by atoms with Gasteiger partial charge in [0.15, 0.2) is 11.5 Å². The number of nitrogen functional groups attached to an aromatic ring is 1. The Labute approximate surface area is 109 Å². The lowest BCUT2D eigenvalue weighted by molar-refractivity contribution is 0.281. The van der Waals surface area contributed by atoms with Gasteiger partial charge in [0.2, 0.25) is 0 Å². The van der Waals surface area contributed by atoms with Crippen LogP contribution in [-0.2, 0) is 20.2 Å². The molecular formula is C10H14N5O3P. The van der Waals surface area contributed by atoms with Crippen molar-refractivity contribution < 1.29 is 13.6 Å². The molecule has 0 bridgehead atoms. The van der Waals surface area contributed by atoms with Crippen molar-refractivity contribution in [2.24, 2.45) is 0 Å². The molecule has 0 saturated carbocycles. The lowest BCUT2D eigenvalue weighted by Crippen LogP contribution is -2.03. The molecule has 0 spiro atoms. The third kappa shape index (κ3) is 2.37. The maximum Gasteiger partial charge on any atom is 0.358 e. The van der Waals surface area contributed by atoms with Gasteiger partial charge in [-0.3, -0.25) is 4.57 Å². The van der Waals surface area contributed by atoms with Gasteiger partial charge in [-0.05, 0) is 0 Å². The molecule has 8 nitrogen and oxygen atoms in total. The number of hydrogen-bond donors (Lipinski definition) is 1. The number of allylic oxidation sites excluding steroid dienone is 1. The predicted octanol–water partition coefficient (Wildman–Crippen LogP) is 1.41. The Hall–Kier alpha value is -1.76. The second kappa shape index (κ2) is 5.08. The van der Waals surface area contributed by atoms with Crippen LogP contribution in [0.15, 0.2) is 24.5 Å². The van der Waals surface area contributed by atoms with E-state index in [0.29, 0.717) is 16.5 Å². The van der Waals surface area contributed by atoms with Crippen LogP contribution in [0.5, 0.6) is 0 Å². The van der Waals surface area contributed by atoms with Crippen molar-refractivity contribution in [3.05, 3.63) is 24.5 Å². The van der Waals surface area contributed by atoms with Gasteiger partial charge >= 0.3 is 7.60 Å². The van der Waals surface area contributed by atoms with Crippen LogP contribution < -0.4 is 5.73 Å². The average molecular weight is 283 g/mol. The molecule has 2 N–H and O–H groups in total. The largest absolute Gasteiger partial charge is 0.382 e. The number of hydrogen-bond acceptors (Lipinski definition) is 7. The number of nitrogens with two attached hydrogens (primary N) is 1. The quantitative estimate of drug-likeness (QED) is 0.827. The van der Waals surface area contributed by atoms with Crippen LogP contribution in [0.25, 0.3) is 11.2 Å². The average Bonchev–Trinajstić information content (AvgIpc) is 2.82. The highest BCUT2D eigenvalue weighted by molar-refractivity contribution is 7.58. The van der Waals surface area contributed by atoms with Gasteiger partial charge in [0.1, 0.15) is 11.8 Å². The molecular weight excluding hydrogens is 269 g/mol. The Balaban J connectivity index is 2.35. The fourth-order valence-electron chi connectivity index (χ4n) is 1.63. The fraction of sp³-hybridized carbons (Fsp3) is 0.300. The Morgan fingerprint density at radius 3 is 2.74 bits per heavy atom. The Morgan fingerprint density at radius 2 is 2.11 bits per heavy atom. The lowest BCUT2D eigenvalue weighted by atomic mass is 10.5. The first-order valence-corrected chi connectivity index (χ1v) is 6.87. The minimum Gasteiger partial charge on any atom is -0.382 e. The van der Waals surface area contributed by atoms with Crippen LogP contribution in [0.1, 0.15) is 0 Å². The summed E-state index contributed by atoms with van der Waals surface area (Å²) in [6.07, 6.45) is 2.86. The van der Waals surface area contributed by atoms with Gasteiger partial charge in [-0.15, -0.1) is 0 Å². The van der Waals surface area contributed by atoms with Crippen molar-refractivity contribution >= 4 is 24.6 Å². The molecule has 0 unspecified atom stereocenters. The zero-order valence-electron chi connectivity index (χ0n) is 10.6. The zero-order chi connectivity index (χ0) is 14.0. The second-order valence-corrected chi connectivity index (χ2v) is 6.09. The first kappa shape index (κ1) is 13.7. The normalized spacial score (nSPS) is 11.9. The van der Waals surface area contributed by atoms with E-state index < -0.39 is 7.60 Å². The monoisotopic (exact) mass is 283 g/mol. The second-order valence-electron chi connectivity index (χ2n) is 3.73. The van der Waals surface area contributed by atoms with Crippen LogP contribution in [0, 0.1) is 0 Å². The van der Waals surface area contributed by atoms with Crippen LogP contribution in [0.3, 0.4) is 0 Å². The van der Waals surface area contributed by atoms with Gasteiger partial charge in [0.05, 0.1) is 18.2 Å². The highest BCUT2D eigenvalue weighted by Crippen LogP contribution is 2.54. The Kier molecular flexibility index (Phi) is 3.66. The summed E-state index contributed by atoms with van der Waals surface area (Å²) in [5.74, 6) is 0.288. The molecule has 0 fully saturated rings. The van der Waals surface area contributed by atoms with Crippen LogP contribution in [0.4, 0.5) is 5.82 Å². The van der Waals surface area contributed by atoms with Gasteiger partial charge < -0.3 is 19.3 Å². The number of imidazole rings is 1. The van der Waals surface area contributed by atoms with E-state index in [2.05, 4.69) is 21.5 Å². The summed E-state index contributed by atoms with van der Waals surface area (Å²) in [4.78, 5) is 12.0.